The maximum atomic E-state index is 12.9. The molecule has 12 heteroatoms. The summed E-state index contributed by atoms with van der Waals surface area (Å²) in [4.78, 5) is 25.8. The van der Waals surface area contributed by atoms with Crippen molar-refractivity contribution in [2.75, 3.05) is 25.0 Å². The summed E-state index contributed by atoms with van der Waals surface area (Å²) < 4.78 is 38.8. The largest absolute Gasteiger partial charge is 0.433 e. The fraction of sp³-hybridized carbons (Fsp3) is 0.364. The van der Waals surface area contributed by atoms with E-state index in [2.05, 4.69) is 20.3 Å². The molecule has 0 radical (unpaired) electrons. The third kappa shape index (κ3) is 5.18. The predicted octanol–water partition coefficient (Wildman–Crippen LogP) is 3.47. The van der Waals surface area contributed by atoms with Gasteiger partial charge in [0, 0.05) is 44.0 Å². The maximum Gasteiger partial charge on any atom is 0.433 e. The van der Waals surface area contributed by atoms with Crippen LogP contribution in [-0.4, -0.2) is 55.7 Å². The standard InChI is InChI=1S/C22H22F3N5O3S/c1-13-8-14(10-15(9-13)28-20-26-5-2-17(29-20)22(23,24)25)16-11-27-19(34-16)21(33)3-6-30(7-4-21)18(32)12-31/h2,5,8-11,31,33H,3-4,6-7,12H2,1H3,(H,26,28,29). The number of aliphatic hydroxyl groups excluding tert-OH is 1. The van der Waals surface area contributed by atoms with Crippen LogP contribution in [-0.2, 0) is 16.6 Å². The number of aryl methyl sites for hydroxylation is 1. The van der Waals surface area contributed by atoms with Crippen molar-refractivity contribution in [3.63, 3.8) is 0 Å². The Hall–Kier alpha value is -3.09. The molecule has 0 bridgehead atoms. The average Bonchev–Trinajstić information content (AvgIpc) is 3.30. The van der Waals surface area contributed by atoms with Crippen molar-refractivity contribution in [3.05, 3.63) is 52.9 Å². The van der Waals surface area contributed by atoms with E-state index in [1.807, 2.05) is 13.0 Å². The number of carbonyl (C=O) groups is 1. The van der Waals surface area contributed by atoms with E-state index in [-0.39, 0.29) is 11.9 Å². The number of anilines is 2. The van der Waals surface area contributed by atoms with Gasteiger partial charge in [-0.05, 0) is 36.2 Å². The Morgan fingerprint density at radius 2 is 1.97 bits per heavy atom. The van der Waals surface area contributed by atoms with E-state index in [1.54, 1.807) is 18.3 Å². The minimum absolute atomic E-state index is 0.171. The summed E-state index contributed by atoms with van der Waals surface area (Å²) in [5, 5.41) is 23.5. The summed E-state index contributed by atoms with van der Waals surface area (Å²) in [5.74, 6) is -0.540. The van der Waals surface area contributed by atoms with Gasteiger partial charge in [0.1, 0.15) is 22.9 Å². The van der Waals surface area contributed by atoms with E-state index in [0.29, 0.717) is 36.6 Å². The Bertz CT molecular complexity index is 1190. The van der Waals surface area contributed by atoms with Crippen LogP contribution in [0.5, 0.6) is 0 Å². The number of piperidine rings is 1. The Labute approximate surface area is 197 Å². The second-order valence-electron chi connectivity index (χ2n) is 8.08. The molecule has 3 aromatic rings. The van der Waals surface area contributed by atoms with Gasteiger partial charge in [-0.3, -0.25) is 4.79 Å². The molecule has 0 saturated carbocycles. The number of rotatable bonds is 5. The Kier molecular flexibility index (Phi) is 6.56. The van der Waals surface area contributed by atoms with Gasteiger partial charge in [-0.2, -0.15) is 13.2 Å². The molecule has 0 atom stereocenters. The first-order valence-corrected chi connectivity index (χ1v) is 11.3. The number of carbonyl (C=O) groups excluding carboxylic acids is 1. The molecule has 4 rings (SSSR count). The number of nitrogens with zero attached hydrogens (tertiary/aromatic N) is 4. The molecule has 0 aliphatic carbocycles. The molecule has 34 heavy (non-hydrogen) atoms. The van der Waals surface area contributed by atoms with Gasteiger partial charge in [-0.25, -0.2) is 15.0 Å². The second kappa shape index (κ2) is 9.28. The van der Waals surface area contributed by atoms with Crippen LogP contribution in [0, 0.1) is 6.92 Å². The van der Waals surface area contributed by atoms with Crippen molar-refractivity contribution < 1.29 is 28.2 Å². The number of likely N-dealkylation sites (tertiary alicyclic amines) is 1. The zero-order chi connectivity index (χ0) is 24.5. The molecule has 1 saturated heterocycles. The van der Waals surface area contributed by atoms with Gasteiger partial charge in [0.25, 0.3) is 0 Å². The van der Waals surface area contributed by atoms with E-state index >= 15 is 0 Å². The van der Waals surface area contributed by atoms with E-state index in [0.717, 1.165) is 28.3 Å². The summed E-state index contributed by atoms with van der Waals surface area (Å²) in [5.41, 5.74) is -0.0682. The lowest BCUT2D eigenvalue weighted by atomic mass is 9.92. The highest BCUT2D eigenvalue weighted by Gasteiger charge is 2.38. The maximum absolute atomic E-state index is 12.9. The van der Waals surface area contributed by atoms with Crippen LogP contribution < -0.4 is 5.32 Å². The normalized spacial score (nSPS) is 15.9. The van der Waals surface area contributed by atoms with E-state index in [9.17, 15) is 23.1 Å². The van der Waals surface area contributed by atoms with Crippen LogP contribution in [0.4, 0.5) is 24.8 Å². The summed E-state index contributed by atoms with van der Waals surface area (Å²) in [6, 6.07) is 6.22. The first kappa shape index (κ1) is 24.0. The minimum Gasteiger partial charge on any atom is -0.387 e. The van der Waals surface area contributed by atoms with Crippen molar-refractivity contribution in [1.29, 1.82) is 0 Å². The lowest BCUT2D eigenvalue weighted by Crippen LogP contribution is -2.46. The van der Waals surface area contributed by atoms with Gasteiger partial charge in [-0.15, -0.1) is 11.3 Å². The fourth-order valence-electron chi connectivity index (χ4n) is 3.77. The van der Waals surface area contributed by atoms with Gasteiger partial charge in [-0.1, -0.05) is 6.07 Å². The van der Waals surface area contributed by atoms with E-state index in [4.69, 9.17) is 5.11 Å². The Morgan fingerprint density at radius 1 is 1.24 bits per heavy atom. The highest BCUT2D eigenvalue weighted by molar-refractivity contribution is 7.15. The third-order valence-corrected chi connectivity index (χ3v) is 6.79. The molecular formula is C22H22F3N5O3S. The molecular weight excluding hydrogens is 471 g/mol. The zero-order valence-corrected chi connectivity index (χ0v) is 18.9. The average molecular weight is 494 g/mol. The van der Waals surface area contributed by atoms with E-state index < -0.39 is 24.1 Å². The molecule has 0 unspecified atom stereocenters. The van der Waals surface area contributed by atoms with Crippen LogP contribution in [0.1, 0.15) is 29.1 Å². The minimum atomic E-state index is -4.57. The van der Waals surface area contributed by atoms with Crippen molar-refractivity contribution in [2.24, 2.45) is 0 Å². The number of alkyl halides is 3. The van der Waals surface area contributed by atoms with Gasteiger partial charge in [0.2, 0.25) is 11.9 Å². The number of hydrogen-bond donors (Lipinski definition) is 3. The van der Waals surface area contributed by atoms with Crippen LogP contribution in [0.3, 0.4) is 0 Å². The van der Waals surface area contributed by atoms with Crippen molar-refractivity contribution in [2.45, 2.75) is 31.5 Å². The van der Waals surface area contributed by atoms with Crippen molar-refractivity contribution >= 4 is 28.9 Å². The molecule has 1 aromatic carbocycles. The highest BCUT2D eigenvalue weighted by atomic mass is 32.1. The number of halogens is 3. The molecule has 3 N–H and O–H groups in total. The molecule has 180 valence electrons. The number of amides is 1. The molecule has 1 aliphatic rings. The van der Waals surface area contributed by atoms with Crippen LogP contribution in [0.25, 0.3) is 10.4 Å². The second-order valence-corrected chi connectivity index (χ2v) is 9.11. The first-order valence-electron chi connectivity index (χ1n) is 10.4. The molecule has 3 heterocycles. The fourth-order valence-corrected chi connectivity index (χ4v) is 4.81. The third-order valence-electron chi connectivity index (χ3n) is 5.55. The van der Waals surface area contributed by atoms with Crippen LogP contribution in [0.2, 0.25) is 0 Å². The number of thiazole rings is 1. The molecule has 2 aromatic heterocycles. The first-order chi connectivity index (χ1) is 16.1. The number of nitrogens with one attached hydrogen (secondary N) is 1. The van der Waals surface area contributed by atoms with Crippen LogP contribution in [0.15, 0.2) is 36.7 Å². The summed E-state index contributed by atoms with van der Waals surface area (Å²) in [6.45, 7) is 1.93. The summed E-state index contributed by atoms with van der Waals surface area (Å²) >= 11 is 1.31. The number of hydrogen-bond acceptors (Lipinski definition) is 8. The monoisotopic (exact) mass is 493 g/mol. The van der Waals surface area contributed by atoms with E-state index in [1.165, 1.54) is 16.2 Å². The predicted molar refractivity (Wildman–Crippen MR) is 119 cm³/mol. The molecule has 1 aliphatic heterocycles. The van der Waals surface area contributed by atoms with Crippen molar-refractivity contribution in [3.8, 4) is 10.4 Å². The highest BCUT2D eigenvalue weighted by Crippen LogP contribution is 2.39. The van der Waals surface area contributed by atoms with Gasteiger partial charge in [0.05, 0.1) is 4.88 Å². The summed E-state index contributed by atoms with van der Waals surface area (Å²) in [6.07, 6.45) is -1.27. The Balaban J connectivity index is 1.54. The topological polar surface area (TPSA) is 111 Å². The number of aliphatic hydroxyl groups is 2. The van der Waals surface area contributed by atoms with Gasteiger partial charge < -0.3 is 20.4 Å². The van der Waals surface area contributed by atoms with Crippen molar-refractivity contribution in [1.82, 2.24) is 19.9 Å². The number of aromatic nitrogens is 3. The quantitative estimate of drug-likeness (QED) is 0.499. The van der Waals surface area contributed by atoms with Gasteiger partial charge in [0.15, 0.2) is 0 Å². The SMILES string of the molecule is Cc1cc(Nc2nccc(C(F)(F)F)n2)cc(-c2cnc(C3(O)CCN(C(=O)CO)CC3)s2)c1. The molecule has 1 fully saturated rings. The smallest absolute Gasteiger partial charge is 0.387 e. The molecule has 8 nitrogen and oxygen atoms in total. The number of benzene rings is 1. The Morgan fingerprint density at radius 3 is 2.65 bits per heavy atom. The summed E-state index contributed by atoms with van der Waals surface area (Å²) in [7, 11) is 0. The lowest BCUT2D eigenvalue weighted by molar-refractivity contribution is -0.141. The van der Waals surface area contributed by atoms with Gasteiger partial charge >= 0.3 is 6.18 Å². The zero-order valence-electron chi connectivity index (χ0n) is 18.1. The molecule has 0 spiro atoms. The molecule has 1 amide bonds. The van der Waals surface area contributed by atoms with Crippen LogP contribution >= 0.6 is 11.3 Å². The lowest BCUT2D eigenvalue weighted by Gasteiger charge is -2.36.